The molecule has 2 aromatic rings. The van der Waals surface area contributed by atoms with Crippen LogP contribution in [0.4, 0.5) is 25.8 Å². The predicted octanol–water partition coefficient (Wildman–Crippen LogP) is 4.39. The van der Waals surface area contributed by atoms with Crippen LogP contribution in [0.25, 0.3) is 0 Å². The van der Waals surface area contributed by atoms with Gasteiger partial charge in [0.1, 0.15) is 29.3 Å². The van der Waals surface area contributed by atoms with Gasteiger partial charge in [-0.2, -0.15) is 0 Å². The van der Waals surface area contributed by atoms with Crippen molar-refractivity contribution < 1.29 is 27.8 Å². The van der Waals surface area contributed by atoms with Gasteiger partial charge >= 0.3 is 0 Å². The van der Waals surface area contributed by atoms with Gasteiger partial charge in [0, 0.05) is 37.2 Å². The number of hydrogen-bond acceptors (Lipinski definition) is 7. The first-order valence-electron chi connectivity index (χ1n) is 12.5. The molecular weight excluding hydrogens is 496 g/mol. The molecule has 2 amide bonds. The number of alkyl halides is 1. The Labute approximate surface area is 220 Å². The fourth-order valence-electron chi connectivity index (χ4n) is 4.06. The predicted molar refractivity (Wildman–Crippen MR) is 142 cm³/mol. The Morgan fingerprint density at radius 3 is 2.50 bits per heavy atom. The number of nitrogens with one attached hydrogen (secondary N) is 4. The van der Waals surface area contributed by atoms with E-state index in [1.54, 1.807) is 37.4 Å². The highest BCUT2D eigenvalue weighted by molar-refractivity contribution is 6.13. The number of aliphatic imine (C=N–C) groups is 1. The minimum absolute atomic E-state index is 0.169. The molecule has 9 nitrogen and oxygen atoms in total. The summed E-state index contributed by atoms with van der Waals surface area (Å²) < 4.78 is 39.1. The molecule has 0 aromatic heterocycles. The molecule has 38 heavy (non-hydrogen) atoms. The molecule has 2 aromatic carbocycles. The summed E-state index contributed by atoms with van der Waals surface area (Å²) in [5.41, 5.74) is -0.447. The van der Waals surface area contributed by atoms with Crippen LogP contribution in [0, 0.1) is 11.2 Å². The highest BCUT2D eigenvalue weighted by atomic mass is 19.1. The Morgan fingerprint density at radius 2 is 1.84 bits per heavy atom. The van der Waals surface area contributed by atoms with Crippen LogP contribution in [-0.4, -0.2) is 50.7 Å². The first kappa shape index (κ1) is 27.3. The van der Waals surface area contributed by atoms with E-state index in [-0.39, 0.29) is 18.9 Å². The molecule has 0 bridgehead atoms. The molecule has 1 unspecified atom stereocenters. The Hall–Kier alpha value is -3.73. The van der Waals surface area contributed by atoms with Gasteiger partial charge in [0.25, 0.3) is 0 Å². The van der Waals surface area contributed by atoms with Crippen molar-refractivity contribution in [2.75, 3.05) is 42.8 Å². The van der Waals surface area contributed by atoms with Gasteiger partial charge in [-0.05, 0) is 57.4 Å². The van der Waals surface area contributed by atoms with Crippen LogP contribution in [0.3, 0.4) is 0 Å². The van der Waals surface area contributed by atoms with Crippen molar-refractivity contribution in [2.45, 2.75) is 44.9 Å². The standard InChI is InChI=1S/C27H33F2N5O4/c1-26(2,29)10-11-30-24(35)27(8-9-27)25(36)34-18-6-4-17(5-7-18)33-23-22-20(28)14-19(38-13-12-37-3)15-21(22)31-16-32-23/h4-7,14-16,23,33H,8-13H2,1-3H3,(H,30,35)(H,31,32)(H,34,36). The number of carbonyl (C=O) groups is 2. The third-order valence-corrected chi connectivity index (χ3v) is 6.45. The SMILES string of the molecule is COCCOc1cc(F)c2c(c1)NC=NC2Nc1ccc(NC(=O)C2(C(=O)NCCC(C)(C)F)CC2)cc1. The molecule has 1 aliphatic carbocycles. The maximum absolute atomic E-state index is 15.0. The lowest BCUT2D eigenvalue weighted by Crippen LogP contribution is -2.41. The highest BCUT2D eigenvalue weighted by Gasteiger charge is 2.56. The number of hydrogen-bond donors (Lipinski definition) is 4. The van der Waals surface area contributed by atoms with Crippen molar-refractivity contribution in [1.82, 2.24) is 5.32 Å². The Balaban J connectivity index is 1.36. The van der Waals surface area contributed by atoms with E-state index in [0.29, 0.717) is 54.4 Å². The number of methoxy groups -OCH3 is 1. The molecule has 11 heteroatoms. The van der Waals surface area contributed by atoms with E-state index in [2.05, 4.69) is 26.3 Å². The summed E-state index contributed by atoms with van der Waals surface area (Å²) in [6, 6.07) is 9.86. The average Bonchev–Trinajstić information content (AvgIpc) is 3.67. The zero-order valence-electron chi connectivity index (χ0n) is 21.7. The van der Waals surface area contributed by atoms with Gasteiger partial charge in [-0.3, -0.25) is 9.59 Å². The third-order valence-electron chi connectivity index (χ3n) is 6.45. The second-order valence-electron chi connectivity index (χ2n) is 10.0. The molecule has 204 valence electrons. The van der Waals surface area contributed by atoms with Gasteiger partial charge in [0.15, 0.2) is 6.17 Å². The fourth-order valence-corrected chi connectivity index (χ4v) is 4.06. The molecule has 1 aliphatic heterocycles. The quantitative estimate of drug-likeness (QED) is 0.240. The van der Waals surface area contributed by atoms with Crippen molar-refractivity contribution >= 4 is 35.2 Å². The lowest BCUT2D eigenvalue weighted by atomic mass is 10.0. The topological polar surface area (TPSA) is 113 Å². The zero-order chi connectivity index (χ0) is 27.3. The number of fused-ring (bicyclic) bond motifs is 1. The van der Waals surface area contributed by atoms with Crippen LogP contribution in [-0.2, 0) is 14.3 Å². The molecule has 1 atom stereocenters. The molecule has 0 spiro atoms. The normalized spacial score (nSPS) is 17.1. The van der Waals surface area contributed by atoms with Crippen LogP contribution in [0.2, 0.25) is 0 Å². The summed E-state index contributed by atoms with van der Waals surface area (Å²) in [5.74, 6) is -0.857. The van der Waals surface area contributed by atoms with Gasteiger partial charge in [-0.1, -0.05) is 0 Å². The number of carbonyl (C=O) groups excluding carboxylic acids is 2. The molecule has 2 aliphatic rings. The lowest BCUT2D eigenvalue weighted by Gasteiger charge is -2.24. The zero-order valence-corrected chi connectivity index (χ0v) is 21.7. The van der Waals surface area contributed by atoms with Crippen LogP contribution < -0.4 is 26.0 Å². The van der Waals surface area contributed by atoms with Gasteiger partial charge < -0.3 is 30.7 Å². The summed E-state index contributed by atoms with van der Waals surface area (Å²) in [7, 11) is 1.56. The van der Waals surface area contributed by atoms with E-state index >= 15 is 0 Å². The average molecular weight is 530 g/mol. The Bertz CT molecular complexity index is 1190. The van der Waals surface area contributed by atoms with Crippen molar-refractivity contribution in [3.05, 3.63) is 47.8 Å². The van der Waals surface area contributed by atoms with Gasteiger partial charge in [-0.15, -0.1) is 0 Å². The number of amides is 2. The van der Waals surface area contributed by atoms with Gasteiger partial charge in [-0.25, -0.2) is 13.8 Å². The lowest BCUT2D eigenvalue weighted by molar-refractivity contribution is -0.134. The Morgan fingerprint density at radius 1 is 1.13 bits per heavy atom. The van der Waals surface area contributed by atoms with E-state index in [1.165, 1.54) is 26.3 Å². The second kappa shape index (κ2) is 11.3. The molecule has 1 saturated carbocycles. The van der Waals surface area contributed by atoms with E-state index in [4.69, 9.17) is 9.47 Å². The van der Waals surface area contributed by atoms with Crippen LogP contribution in [0.1, 0.15) is 44.8 Å². The number of halogens is 2. The molecule has 4 rings (SSSR count). The first-order chi connectivity index (χ1) is 18.1. The van der Waals surface area contributed by atoms with Gasteiger partial charge in [0.05, 0.1) is 24.2 Å². The summed E-state index contributed by atoms with van der Waals surface area (Å²) >= 11 is 0. The van der Waals surface area contributed by atoms with Crippen LogP contribution in [0.15, 0.2) is 41.4 Å². The molecule has 0 saturated heterocycles. The summed E-state index contributed by atoms with van der Waals surface area (Å²) in [4.78, 5) is 29.7. The maximum Gasteiger partial charge on any atom is 0.240 e. The largest absolute Gasteiger partial charge is 0.491 e. The van der Waals surface area contributed by atoms with Crippen molar-refractivity contribution in [1.29, 1.82) is 0 Å². The van der Waals surface area contributed by atoms with E-state index < -0.39 is 29.0 Å². The molecule has 4 N–H and O–H groups in total. The summed E-state index contributed by atoms with van der Waals surface area (Å²) in [5, 5.41) is 11.6. The van der Waals surface area contributed by atoms with E-state index in [1.807, 2.05) is 0 Å². The molecule has 1 heterocycles. The van der Waals surface area contributed by atoms with Crippen LogP contribution in [0.5, 0.6) is 5.75 Å². The van der Waals surface area contributed by atoms with Gasteiger partial charge in [0.2, 0.25) is 11.8 Å². The highest BCUT2D eigenvalue weighted by Crippen LogP contribution is 2.47. The number of nitrogens with zero attached hydrogens (tertiary/aromatic N) is 1. The number of benzene rings is 2. The smallest absolute Gasteiger partial charge is 0.240 e. The minimum Gasteiger partial charge on any atom is -0.491 e. The molecule has 1 fully saturated rings. The monoisotopic (exact) mass is 529 g/mol. The third kappa shape index (κ3) is 6.58. The first-order valence-corrected chi connectivity index (χ1v) is 12.5. The number of ether oxygens (including phenoxy) is 2. The van der Waals surface area contributed by atoms with Crippen molar-refractivity contribution in [2.24, 2.45) is 10.4 Å². The minimum atomic E-state index is -1.39. The van der Waals surface area contributed by atoms with Crippen LogP contribution >= 0.6 is 0 Å². The summed E-state index contributed by atoms with van der Waals surface area (Å²) in [6.45, 7) is 3.75. The number of anilines is 3. The molecule has 0 radical (unpaired) electrons. The fraction of sp³-hybridized carbons (Fsp3) is 0.444. The second-order valence-corrected chi connectivity index (χ2v) is 10.0. The summed E-state index contributed by atoms with van der Waals surface area (Å²) in [6.07, 6.45) is 1.88. The van der Waals surface area contributed by atoms with Crippen molar-refractivity contribution in [3.8, 4) is 5.75 Å². The van der Waals surface area contributed by atoms with E-state index in [9.17, 15) is 18.4 Å². The Kier molecular flexibility index (Phi) is 8.15. The molecular formula is C27H33F2N5O4. The van der Waals surface area contributed by atoms with Crippen molar-refractivity contribution in [3.63, 3.8) is 0 Å². The maximum atomic E-state index is 15.0. The van der Waals surface area contributed by atoms with E-state index in [0.717, 1.165) is 0 Å². The number of rotatable bonds is 12.